The SMILES string of the molecule is Cc1ncn(CC2CCN(CCN3CCCOCC3=O)CC2)c(=O)c1C. The first-order valence-electron chi connectivity index (χ1n) is 9.65. The largest absolute Gasteiger partial charge is 0.372 e. The van der Waals surface area contributed by atoms with Crippen molar-refractivity contribution in [1.82, 2.24) is 19.4 Å². The fraction of sp³-hybridized carbons (Fsp3) is 0.737. The molecule has 0 unspecified atom stereocenters. The van der Waals surface area contributed by atoms with E-state index in [-0.39, 0.29) is 18.1 Å². The third-order valence-electron chi connectivity index (χ3n) is 5.66. The van der Waals surface area contributed by atoms with Crippen LogP contribution in [0.5, 0.6) is 0 Å². The molecule has 3 heterocycles. The van der Waals surface area contributed by atoms with Crippen molar-refractivity contribution in [3.05, 3.63) is 27.9 Å². The minimum absolute atomic E-state index is 0.0850. The molecule has 0 bridgehead atoms. The normalized spacial score (nSPS) is 20.4. The van der Waals surface area contributed by atoms with Crippen molar-refractivity contribution in [3.63, 3.8) is 0 Å². The molecule has 0 saturated carbocycles. The van der Waals surface area contributed by atoms with Gasteiger partial charge in [-0.05, 0) is 52.1 Å². The van der Waals surface area contributed by atoms with E-state index < -0.39 is 0 Å². The number of amides is 1. The van der Waals surface area contributed by atoms with Crippen molar-refractivity contribution in [2.75, 3.05) is 45.9 Å². The predicted octanol–water partition coefficient (Wildman–Crippen LogP) is 0.821. The van der Waals surface area contributed by atoms with Gasteiger partial charge in [-0.2, -0.15) is 0 Å². The van der Waals surface area contributed by atoms with Crippen LogP contribution in [0.3, 0.4) is 0 Å². The van der Waals surface area contributed by atoms with Gasteiger partial charge in [-0.15, -0.1) is 0 Å². The molecule has 0 aromatic carbocycles. The van der Waals surface area contributed by atoms with Gasteiger partial charge in [0.25, 0.3) is 5.56 Å². The van der Waals surface area contributed by atoms with Crippen molar-refractivity contribution in [1.29, 1.82) is 0 Å². The highest BCUT2D eigenvalue weighted by molar-refractivity contribution is 5.77. The summed E-state index contributed by atoms with van der Waals surface area (Å²) in [4.78, 5) is 33.0. The van der Waals surface area contributed by atoms with Gasteiger partial charge in [0.15, 0.2) is 0 Å². The Kier molecular flexibility index (Phi) is 6.43. The van der Waals surface area contributed by atoms with E-state index >= 15 is 0 Å². The minimum atomic E-state index is 0.0850. The maximum atomic E-state index is 12.3. The Bertz CT molecular complexity index is 680. The van der Waals surface area contributed by atoms with E-state index in [1.165, 1.54) is 0 Å². The topological polar surface area (TPSA) is 67.7 Å². The van der Waals surface area contributed by atoms with Crippen LogP contribution in [0.15, 0.2) is 11.1 Å². The van der Waals surface area contributed by atoms with Gasteiger partial charge in [0.1, 0.15) is 6.61 Å². The molecule has 0 spiro atoms. The summed E-state index contributed by atoms with van der Waals surface area (Å²) in [5, 5.41) is 0. The Hall–Kier alpha value is -1.73. The molecule has 2 aliphatic heterocycles. The van der Waals surface area contributed by atoms with Crippen LogP contribution in [-0.2, 0) is 16.1 Å². The average Bonchev–Trinajstić information content (AvgIpc) is 2.86. The van der Waals surface area contributed by atoms with Crippen LogP contribution >= 0.6 is 0 Å². The lowest BCUT2D eigenvalue weighted by Gasteiger charge is -2.33. The molecule has 1 aromatic rings. The van der Waals surface area contributed by atoms with Gasteiger partial charge in [-0.25, -0.2) is 4.98 Å². The summed E-state index contributed by atoms with van der Waals surface area (Å²) >= 11 is 0. The van der Waals surface area contributed by atoms with Gasteiger partial charge in [-0.1, -0.05) is 0 Å². The first-order chi connectivity index (χ1) is 12.5. The van der Waals surface area contributed by atoms with Crippen molar-refractivity contribution in [3.8, 4) is 0 Å². The lowest BCUT2D eigenvalue weighted by Crippen LogP contribution is -2.43. The zero-order chi connectivity index (χ0) is 18.5. The van der Waals surface area contributed by atoms with Crippen LogP contribution in [-0.4, -0.2) is 71.2 Å². The first-order valence-corrected chi connectivity index (χ1v) is 9.65. The molecule has 3 rings (SSSR count). The molecule has 2 aliphatic rings. The number of hydrogen-bond donors (Lipinski definition) is 0. The first kappa shape index (κ1) is 19.0. The number of nitrogens with zero attached hydrogens (tertiary/aromatic N) is 4. The molecular formula is C19H30N4O3. The standard InChI is InChI=1S/C19H30N4O3/c1-15-16(2)20-14-23(19(15)25)12-17-4-7-21(8-5-17)9-10-22-6-3-11-26-13-18(22)24/h14,17H,3-13H2,1-2H3. The second kappa shape index (κ2) is 8.77. The van der Waals surface area contributed by atoms with Crippen LogP contribution in [0.4, 0.5) is 0 Å². The van der Waals surface area contributed by atoms with Crippen molar-refractivity contribution < 1.29 is 9.53 Å². The number of aryl methyl sites for hydroxylation is 1. The maximum Gasteiger partial charge on any atom is 0.256 e. The van der Waals surface area contributed by atoms with Gasteiger partial charge < -0.3 is 14.5 Å². The number of likely N-dealkylation sites (tertiary alicyclic amines) is 1. The lowest BCUT2D eigenvalue weighted by atomic mass is 9.96. The number of rotatable bonds is 5. The highest BCUT2D eigenvalue weighted by atomic mass is 16.5. The third-order valence-corrected chi connectivity index (χ3v) is 5.66. The van der Waals surface area contributed by atoms with Crippen LogP contribution in [0, 0.1) is 19.8 Å². The molecule has 144 valence electrons. The van der Waals surface area contributed by atoms with E-state index in [1.807, 2.05) is 18.7 Å². The van der Waals surface area contributed by atoms with Crippen molar-refractivity contribution in [2.24, 2.45) is 5.92 Å². The van der Waals surface area contributed by atoms with Crippen molar-refractivity contribution >= 4 is 5.91 Å². The molecular weight excluding hydrogens is 332 g/mol. The Labute approximate surface area is 154 Å². The highest BCUT2D eigenvalue weighted by Gasteiger charge is 2.22. The Morgan fingerprint density at radius 2 is 1.92 bits per heavy atom. The quantitative estimate of drug-likeness (QED) is 0.776. The summed E-state index contributed by atoms with van der Waals surface area (Å²) in [7, 11) is 0. The van der Waals surface area contributed by atoms with E-state index in [9.17, 15) is 9.59 Å². The Morgan fingerprint density at radius 1 is 1.15 bits per heavy atom. The molecule has 1 aromatic heterocycles. The van der Waals surface area contributed by atoms with Crippen LogP contribution in [0.2, 0.25) is 0 Å². The summed E-state index contributed by atoms with van der Waals surface area (Å²) in [6, 6.07) is 0. The molecule has 26 heavy (non-hydrogen) atoms. The van der Waals surface area contributed by atoms with E-state index in [4.69, 9.17) is 4.74 Å². The fourth-order valence-corrected chi connectivity index (χ4v) is 3.71. The van der Waals surface area contributed by atoms with E-state index in [0.29, 0.717) is 12.5 Å². The number of hydrogen-bond acceptors (Lipinski definition) is 5. The van der Waals surface area contributed by atoms with Crippen LogP contribution < -0.4 is 5.56 Å². The van der Waals surface area contributed by atoms with Gasteiger partial charge >= 0.3 is 0 Å². The second-order valence-electron chi connectivity index (χ2n) is 7.48. The summed E-state index contributed by atoms with van der Waals surface area (Å²) in [6.45, 7) is 9.94. The third kappa shape index (κ3) is 4.71. The maximum absolute atomic E-state index is 12.3. The molecule has 2 fully saturated rings. The fourth-order valence-electron chi connectivity index (χ4n) is 3.71. The Morgan fingerprint density at radius 3 is 2.69 bits per heavy atom. The molecule has 7 heteroatoms. The van der Waals surface area contributed by atoms with Crippen molar-refractivity contribution in [2.45, 2.75) is 39.7 Å². The van der Waals surface area contributed by atoms with E-state index in [0.717, 1.165) is 69.8 Å². The summed E-state index contributed by atoms with van der Waals surface area (Å²) < 4.78 is 7.05. The molecule has 1 amide bonds. The molecule has 0 N–H and O–H groups in total. The van der Waals surface area contributed by atoms with Gasteiger partial charge in [0, 0.05) is 44.0 Å². The van der Waals surface area contributed by atoms with E-state index in [1.54, 1.807) is 10.9 Å². The predicted molar refractivity (Wildman–Crippen MR) is 99.2 cm³/mol. The smallest absolute Gasteiger partial charge is 0.256 e. The van der Waals surface area contributed by atoms with Crippen LogP contribution in [0.25, 0.3) is 0 Å². The lowest BCUT2D eigenvalue weighted by molar-refractivity contribution is -0.134. The molecule has 0 aliphatic carbocycles. The highest BCUT2D eigenvalue weighted by Crippen LogP contribution is 2.18. The number of aromatic nitrogens is 2. The molecule has 0 atom stereocenters. The van der Waals surface area contributed by atoms with Gasteiger partial charge in [0.2, 0.25) is 5.91 Å². The summed E-state index contributed by atoms with van der Waals surface area (Å²) in [5.41, 5.74) is 1.65. The van der Waals surface area contributed by atoms with Crippen LogP contribution in [0.1, 0.15) is 30.5 Å². The zero-order valence-electron chi connectivity index (χ0n) is 15.9. The zero-order valence-corrected chi connectivity index (χ0v) is 15.9. The summed E-state index contributed by atoms with van der Waals surface area (Å²) in [6.07, 6.45) is 4.77. The average molecular weight is 362 g/mol. The number of carbonyl (C=O) groups excluding carboxylic acids is 1. The molecule has 7 nitrogen and oxygen atoms in total. The van der Waals surface area contributed by atoms with Gasteiger partial charge in [-0.3, -0.25) is 14.2 Å². The monoisotopic (exact) mass is 362 g/mol. The number of ether oxygens (including phenoxy) is 1. The number of carbonyl (C=O) groups is 1. The molecule has 0 radical (unpaired) electrons. The molecule has 2 saturated heterocycles. The minimum Gasteiger partial charge on any atom is -0.372 e. The Balaban J connectivity index is 1.45. The summed E-state index contributed by atoms with van der Waals surface area (Å²) in [5.74, 6) is 0.625. The number of piperidine rings is 1. The van der Waals surface area contributed by atoms with Gasteiger partial charge in [0.05, 0.1) is 6.33 Å². The van der Waals surface area contributed by atoms with E-state index in [2.05, 4.69) is 9.88 Å². The second-order valence-corrected chi connectivity index (χ2v) is 7.48.